The quantitative estimate of drug-likeness (QED) is 0.787. The lowest BCUT2D eigenvalue weighted by atomic mass is 9.74. The lowest BCUT2D eigenvalue weighted by Gasteiger charge is -2.38. The fraction of sp³-hybridized carbons (Fsp3) is 0.318. The summed E-state index contributed by atoms with van der Waals surface area (Å²) in [6.07, 6.45) is 2.40. The maximum atomic E-state index is 12.5. The standard InChI is InChI=1S/C22H22N4O/c1-21(22(10-11-22)14-19(27)26(3)20(23)25-21)17-8-4-6-15(12-17)16-7-5-9-18(13-16)24-2/h4-9,12-13H,10-11,14H2,1,3H3,(H2,23,25). The van der Waals surface area contributed by atoms with Crippen molar-refractivity contribution in [2.24, 2.45) is 5.41 Å². The van der Waals surface area contributed by atoms with Crippen LogP contribution in [0.5, 0.6) is 0 Å². The number of carbonyl (C=O) groups is 1. The summed E-state index contributed by atoms with van der Waals surface area (Å²) in [4.78, 5) is 17.4. The number of rotatable bonds is 2. The van der Waals surface area contributed by atoms with Gasteiger partial charge in [0.25, 0.3) is 0 Å². The van der Waals surface area contributed by atoms with Gasteiger partial charge in [0, 0.05) is 18.9 Å². The van der Waals surface area contributed by atoms with E-state index in [-0.39, 0.29) is 17.3 Å². The highest BCUT2D eigenvalue weighted by atomic mass is 16.2. The topological polar surface area (TPSA) is 60.6 Å². The molecule has 0 radical (unpaired) electrons. The van der Waals surface area contributed by atoms with Gasteiger partial charge in [-0.15, -0.1) is 0 Å². The second-order valence-corrected chi connectivity index (χ2v) is 7.75. The molecule has 1 aliphatic heterocycles. The molecule has 1 amide bonds. The smallest absolute Gasteiger partial charge is 0.229 e. The molecule has 0 bridgehead atoms. The third-order valence-electron chi connectivity index (χ3n) is 6.23. The Bertz CT molecular complexity index is 986. The van der Waals surface area contributed by atoms with Crippen LogP contribution < -0.4 is 5.32 Å². The van der Waals surface area contributed by atoms with E-state index in [0.717, 1.165) is 29.5 Å². The van der Waals surface area contributed by atoms with E-state index in [1.165, 1.54) is 4.90 Å². The maximum Gasteiger partial charge on any atom is 0.229 e. The van der Waals surface area contributed by atoms with Crippen molar-refractivity contribution in [1.29, 1.82) is 5.41 Å². The molecule has 27 heavy (non-hydrogen) atoms. The molecule has 5 heteroatoms. The first-order valence-electron chi connectivity index (χ1n) is 9.10. The van der Waals surface area contributed by atoms with Crippen LogP contribution >= 0.6 is 0 Å². The zero-order valence-corrected chi connectivity index (χ0v) is 15.5. The Morgan fingerprint density at radius 1 is 1.15 bits per heavy atom. The number of nitrogens with one attached hydrogen (secondary N) is 2. The van der Waals surface area contributed by atoms with Crippen molar-refractivity contribution in [3.63, 3.8) is 0 Å². The Labute approximate surface area is 159 Å². The number of hydrogen-bond donors (Lipinski definition) is 2. The number of hydrogen-bond acceptors (Lipinski definition) is 2. The third-order valence-corrected chi connectivity index (χ3v) is 6.23. The van der Waals surface area contributed by atoms with E-state index in [4.69, 9.17) is 12.0 Å². The van der Waals surface area contributed by atoms with Crippen LogP contribution in [0.1, 0.15) is 31.7 Å². The molecule has 1 spiro atoms. The van der Waals surface area contributed by atoms with Gasteiger partial charge in [0.1, 0.15) is 0 Å². The molecule has 1 saturated carbocycles. The molecule has 1 saturated heterocycles. The highest BCUT2D eigenvalue weighted by Crippen LogP contribution is 2.61. The Morgan fingerprint density at radius 3 is 2.48 bits per heavy atom. The van der Waals surface area contributed by atoms with Crippen molar-refractivity contribution >= 4 is 17.6 Å². The first-order valence-corrected chi connectivity index (χ1v) is 9.10. The lowest BCUT2D eigenvalue weighted by Crippen LogP contribution is -2.51. The predicted molar refractivity (Wildman–Crippen MR) is 105 cm³/mol. The van der Waals surface area contributed by atoms with Gasteiger partial charge in [-0.25, -0.2) is 4.85 Å². The molecule has 2 N–H and O–H groups in total. The number of guanidine groups is 1. The van der Waals surface area contributed by atoms with Crippen LogP contribution in [0.3, 0.4) is 0 Å². The lowest BCUT2D eigenvalue weighted by molar-refractivity contribution is -0.127. The van der Waals surface area contributed by atoms with Crippen molar-refractivity contribution in [3.05, 3.63) is 65.5 Å². The van der Waals surface area contributed by atoms with Crippen LogP contribution in [-0.2, 0) is 10.3 Å². The highest BCUT2D eigenvalue weighted by molar-refractivity contribution is 5.97. The van der Waals surface area contributed by atoms with E-state index >= 15 is 0 Å². The largest absolute Gasteiger partial charge is 0.346 e. The van der Waals surface area contributed by atoms with Gasteiger partial charge in [-0.2, -0.15) is 0 Å². The van der Waals surface area contributed by atoms with Crippen LogP contribution in [0.4, 0.5) is 5.69 Å². The van der Waals surface area contributed by atoms with Crippen molar-refractivity contribution in [1.82, 2.24) is 10.2 Å². The summed E-state index contributed by atoms with van der Waals surface area (Å²) >= 11 is 0. The fourth-order valence-corrected chi connectivity index (χ4v) is 4.13. The summed E-state index contributed by atoms with van der Waals surface area (Å²) in [6, 6.07) is 15.8. The summed E-state index contributed by atoms with van der Waals surface area (Å²) < 4.78 is 0. The minimum absolute atomic E-state index is 0.00496. The number of amides is 1. The zero-order chi connectivity index (χ0) is 19.2. The normalized spacial score (nSPS) is 23.5. The third kappa shape index (κ3) is 2.69. The predicted octanol–water partition coefficient (Wildman–Crippen LogP) is 4.29. The number of carbonyl (C=O) groups excluding carboxylic acids is 1. The molecule has 1 unspecified atom stereocenters. The molecular weight excluding hydrogens is 336 g/mol. The maximum absolute atomic E-state index is 12.5. The van der Waals surface area contributed by atoms with Crippen LogP contribution in [0.25, 0.3) is 16.0 Å². The van der Waals surface area contributed by atoms with Gasteiger partial charge in [0.2, 0.25) is 5.91 Å². The van der Waals surface area contributed by atoms with Gasteiger partial charge in [0.15, 0.2) is 11.6 Å². The molecule has 2 aromatic rings. The van der Waals surface area contributed by atoms with Crippen molar-refractivity contribution in [2.45, 2.75) is 31.7 Å². The van der Waals surface area contributed by atoms with Crippen molar-refractivity contribution < 1.29 is 4.79 Å². The second kappa shape index (κ2) is 5.95. The van der Waals surface area contributed by atoms with Gasteiger partial charge in [-0.3, -0.25) is 15.1 Å². The fourth-order valence-electron chi connectivity index (χ4n) is 4.13. The Hall–Kier alpha value is -3.13. The summed E-state index contributed by atoms with van der Waals surface area (Å²) in [6.45, 7) is 9.34. The SMILES string of the molecule is [C-]#[N+]c1cccc(-c2cccc(C3(C)NC(=N)N(C)C(=O)CC34CC4)c2)c1. The van der Waals surface area contributed by atoms with Gasteiger partial charge in [0.05, 0.1) is 12.1 Å². The molecule has 2 aliphatic rings. The minimum Gasteiger partial charge on any atom is -0.346 e. The molecule has 0 aromatic heterocycles. The Balaban J connectivity index is 1.79. The number of nitrogens with zero attached hydrogens (tertiary/aromatic N) is 2. The van der Waals surface area contributed by atoms with Crippen molar-refractivity contribution in [2.75, 3.05) is 7.05 Å². The van der Waals surface area contributed by atoms with Gasteiger partial charge in [-0.1, -0.05) is 36.4 Å². The van der Waals surface area contributed by atoms with Crippen LogP contribution in [-0.4, -0.2) is 23.8 Å². The molecular formula is C22H22N4O. The van der Waals surface area contributed by atoms with E-state index in [1.54, 1.807) is 13.1 Å². The second-order valence-electron chi connectivity index (χ2n) is 7.75. The molecule has 1 heterocycles. The highest BCUT2D eigenvalue weighted by Gasteiger charge is 2.60. The van der Waals surface area contributed by atoms with Gasteiger partial charge < -0.3 is 5.32 Å². The molecule has 5 nitrogen and oxygen atoms in total. The van der Waals surface area contributed by atoms with E-state index in [9.17, 15) is 4.79 Å². The van der Waals surface area contributed by atoms with E-state index in [1.807, 2.05) is 30.3 Å². The molecule has 4 rings (SSSR count). The molecule has 136 valence electrons. The first-order chi connectivity index (χ1) is 12.9. The van der Waals surface area contributed by atoms with E-state index in [2.05, 4.69) is 29.2 Å². The molecule has 1 atom stereocenters. The first kappa shape index (κ1) is 17.3. The molecule has 1 aliphatic carbocycles. The van der Waals surface area contributed by atoms with Gasteiger partial charge in [-0.05, 0) is 48.6 Å². The number of benzene rings is 2. The van der Waals surface area contributed by atoms with Crippen molar-refractivity contribution in [3.8, 4) is 11.1 Å². The minimum atomic E-state index is -0.488. The van der Waals surface area contributed by atoms with E-state index < -0.39 is 5.54 Å². The Kier molecular flexibility index (Phi) is 3.81. The zero-order valence-electron chi connectivity index (χ0n) is 15.5. The van der Waals surface area contributed by atoms with Gasteiger partial charge >= 0.3 is 0 Å². The molecule has 2 aromatic carbocycles. The monoisotopic (exact) mass is 358 g/mol. The summed E-state index contributed by atoms with van der Waals surface area (Å²) in [7, 11) is 1.66. The summed E-state index contributed by atoms with van der Waals surface area (Å²) in [5.74, 6) is 0.140. The van der Waals surface area contributed by atoms with Crippen LogP contribution in [0.2, 0.25) is 0 Å². The average molecular weight is 358 g/mol. The summed E-state index contributed by atoms with van der Waals surface area (Å²) in [5.41, 5.74) is 3.07. The summed E-state index contributed by atoms with van der Waals surface area (Å²) in [5, 5.41) is 11.7. The van der Waals surface area contributed by atoms with E-state index in [0.29, 0.717) is 12.1 Å². The molecule has 2 fully saturated rings. The van der Waals surface area contributed by atoms with Crippen LogP contribution in [0, 0.1) is 17.4 Å². The average Bonchev–Trinajstić information content (AvgIpc) is 3.48. The Morgan fingerprint density at radius 2 is 1.81 bits per heavy atom. The van der Waals surface area contributed by atoms with Crippen LogP contribution in [0.15, 0.2) is 48.5 Å².